The summed E-state index contributed by atoms with van der Waals surface area (Å²) in [5.41, 5.74) is 0.181. The van der Waals surface area contributed by atoms with Gasteiger partial charge in [-0.15, -0.1) is 11.3 Å². The number of thiophene rings is 1. The van der Waals surface area contributed by atoms with Gasteiger partial charge in [0, 0.05) is 20.6 Å². The predicted molar refractivity (Wildman–Crippen MR) is 71.8 cm³/mol. The standard InChI is InChI=1S/C13H11BrF2OS/c1-7-5-9(14)13(18-7)11(17)6-8-3-2-4-10(15)12(8)16/h2-5,11,17H,6H2,1H3. The third kappa shape index (κ3) is 2.79. The fourth-order valence-electron chi connectivity index (χ4n) is 1.74. The van der Waals surface area contributed by atoms with Gasteiger partial charge in [0.05, 0.1) is 6.10 Å². The van der Waals surface area contributed by atoms with Gasteiger partial charge in [-0.2, -0.15) is 0 Å². The van der Waals surface area contributed by atoms with Crippen molar-refractivity contribution in [2.75, 3.05) is 0 Å². The third-order valence-electron chi connectivity index (χ3n) is 2.58. The van der Waals surface area contributed by atoms with E-state index in [0.717, 1.165) is 20.3 Å². The summed E-state index contributed by atoms with van der Waals surface area (Å²) in [6, 6.07) is 5.88. The van der Waals surface area contributed by atoms with Gasteiger partial charge in [-0.3, -0.25) is 0 Å². The van der Waals surface area contributed by atoms with Gasteiger partial charge < -0.3 is 5.11 Å². The summed E-state index contributed by atoms with van der Waals surface area (Å²) in [6.07, 6.45) is -0.781. The summed E-state index contributed by atoms with van der Waals surface area (Å²) >= 11 is 4.79. The average Bonchev–Trinajstić information content (AvgIpc) is 2.64. The Bertz CT molecular complexity index is 568. The lowest BCUT2D eigenvalue weighted by Gasteiger charge is -2.10. The van der Waals surface area contributed by atoms with Gasteiger partial charge in [0.15, 0.2) is 11.6 Å². The van der Waals surface area contributed by atoms with Crippen molar-refractivity contribution in [3.63, 3.8) is 0 Å². The molecule has 0 saturated heterocycles. The van der Waals surface area contributed by atoms with Crippen LogP contribution in [-0.4, -0.2) is 5.11 Å². The van der Waals surface area contributed by atoms with Crippen LogP contribution in [0.5, 0.6) is 0 Å². The molecule has 1 aromatic carbocycles. The fourth-order valence-corrected chi connectivity index (χ4v) is 3.64. The molecule has 18 heavy (non-hydrogen) atoms. The summed E-state index contributed by atoms with van der Waals surface area (Å²) in [5, 5.41) is 10.1. The van der Waals surface area contributed by atoms with E-state index < -0.39 is 17.7 Å². The molecule has 1 aromatic heterocycles. The minimum atomic E-state index is -0.888. The zero-order valence-corrected chi connectivity index (χ0v) is 12.0. The van der Waals surface area contributed by atoms with Crippen molar-refractivity contribution in [1.29, 1.82) is 0 Å². The van der Waals surface area contributed by atoms with Crippen LogP contribution in [0.2, 0.25) is 0 Å². The summed E-state index contributed by atoms with van der Waals surface area (Å²) in [6.45, 7) is 1.93. The minimum Gasteiger partial charge on any atom is -0.387 e. The van der Waals surface area contributed by atoms with Crippen molar-refractivity contribution in [2.45, 2.75) is 19.4 Å². The van der Waals surface area contributed by atoms with E-state index in [1.165, 1.54) is 23.5 Å². The van der Waals surface area contributed by atoms with Crippen molar-refractivity contribution in [2.24, 2.45) is 0 Å². The molecule has 5 heteroatoms. The molecule has 0 spiro atoms. The van der Waals surface area contributed by atoms with Crippen LogP contribution in [0, 0.1) is 18.6 Å². The van der Waals surface area contributed by atoms with E-state index in [0.29, 0.717) is 0 Å². The van der Waals surface area contributed by atoms with Gasteiger partial charge in [-0.05, 0) is 40.5 Å². The quantitative estimate of drug-likeness (QED) is 0.884. The van der Waals surface area contributed by atoms with E-state index in [9.17, 15) is 13.9 Å². The lowest BCUT2D eigenvalue weighted by atomic mass is 10.1. The number of hydrogen-bond acceptors (Lipinski definition) is 2. The van der Waals surface area contributed by atoms with Crippen LogP contribution in [0.4, 0.5) is 8.78 Å². The van der Waals surface area contributed by atoms with Crippen LogP contribution in [0.1, 0.15) is 21.4 Å². The Morgan fingerprint density at radius 2 is 2.11 bits per heavy atom. The van der Waals surface area contributed by atoms with E-state index in [1.54, 1.807) is 0 Å². The van der Waals surface area contributed by atoms with Crippen LogP contribution in [0.3, 0.4) is 0 Å². The number of aliphatic hydroxyl groups excluding tert-OH is 1. The number of halogens is 3. The van der Waals surface area contributed by atoms with Crippen molar-refractivity contribution in [1.82, 2.24) is 0 Å². The maximum absolute atomic E-state index is 13.5. The second kappa shape index (κ2) is 5.47. The van der Waals surface area contributed by atoms with E-state index in [1.807, 2.05) is 13.0 Å². The maximum Gasteiger partial charge on any atom is 0.162 e. The van der Waals surface area contributed by atoms with Crippen LogP contribution in [0.15, 0.2) is 28.7 Å². The first-order valence-electron chi connectivity index (χ1n) is 5.36. The van der Waals surface area contributed by atoms with E-state index in [2.05, 4.69) is 15.9 Å². The molecule has 0 aliphatic rings. The zero-order chi connectivity index (χ0) is 13.3. The van der Waals surface area contributed by atoms with E-state index in [4.69, 9.17) is 0 Å². The molecule has 2 aromatic rings. The van der Waals surface area contributed by atoms with Gasteiger partial charge in [0.2, 0.25) is 0 Å². The highest BCUT2D eigenvalue weighted by Gasteiger charge is 2.18. The van der Waals surface area contributed by atoms with Gasteiger partial charge in [-0.1, -0.05) is 12.1 Å². The van der Waals surface area contributed by atoms with Crippen LogP contribution < -0.4 is 0 Å². The minimum absolute atomic E-state index is 0.0577. The molecular weight excluding hydrogens is 322 g/mol. The fraction of sp³-hybridized carbons (Fsp3) is 0.231. The van der Waals surface area contributed by atoms with Gasteiger partial charge in [0.25, 0.3) is 0 Å². The first-order chi connectivity index (χ1) is 8.49. The number of hydrogen-bond donors (Lipinski definition) is 1. The molecule has 1 atom stereocenters. The highest BCUT2D eigenvalue weighted by molar-refractivity contribution is 9.10. The zero-order valence-electron chi connectivity index (χ0n) is 9.58. The molecule has 1 N–H and O–H groups in total. The molecule has 96 valence electrons. The van der Waals surface area contributed by atoms with Crippen molar-refractivity contribution < 1.29 is 13.9 Å². The van der Waals surface area contributed by atoms with Gasteiger partial charge in [-0.25, -0.2) is 8.78 Å². The number of rotatable bonds is 3. The van der Waals surface area contributed by atoms with Gasteiger partial charge >= 0.3 is 0 Å². The predicted octanol–water partition coefficient (Wildman–Crippen LogP) is 4.37. The average molecular weight is 333 g/mol. The number of benzene rings is 1. The van der Waals surface area contributed by atoms with Crippen LogP contribution in [0.25, 0.3) is 0 Å². The summed E-state index contributed by atoms with van der Waals surface area (Å²) in [5.74, 6) is -1.78. The molecule has 1 heterocycles. The topological polar surface area (TPSA) is 20.2 Å². The molecule has 0 aliphatic carbocycles. The largest absolute Gasteiger partial charge is 0.387 e. The second-order valence-corrected chi connectivity index (χ2v) is 6.14. The molecule has 0 fully saturated rings. The molecular formula is C13H11BrF2OS. The number of aryl methyl sites for hydroxylation is 1. The highest BCUT2D eigenvalue weighted by Crippen LogP contribution is 2.34. The van der Waals surface area contributed by atoms with Crippen LogP contribution in [-0.2, 0) is 6.42 Å². The Labute approximate surface area is 116 Å². The molecule has 1 nitrogen and oxygen atoms in total. The summed E-state index contributed by atoms with van der Waals surface area (Å²) in [4.78, 5) is 1.78. The Morgan fingerprint density at radius 1 is 1.39 bits per heavy atom. The first kappa shape index (κ1) is 13.6. The Kier molecular flexibility index (Phi) is 4.14. The van der Waals surface area contributed by atoms with E-state index >= 15 is 0 Å². The smallest absolute Gasteiger partial charge is 0.162 e. The van der Waals surface area contributed by atoms with E-state index in [-0.39, 0.29) is 12.0 Å². The molecule has 0 saturated carbocycles. The third-order valence-corrected chi connectivity index (χ3v) is 4.65. The van der Waals surface area contributed by atoms with Gasteiger partial charge in [0.1, 0.15) is 0 Å². The SMILES string of the molecule is Cc1cc(Br)c(C(O)Cc2cccc(F)c2F)s1. The second-order valence-electron chi connectivity index (χ2n) is 4.00. The summed E-state index contributed by atoms with van der Waals surface area (Å²) < 4.78 is 27.3. The molecule has 1 unspecified atom stereocenters. The Hall–Kier alpha value is -0.780. The first-order valence-corrected chi connectivity index (χ1v) is 6.96. The Balaban J connectivity index is 2.24. The molecule has 0 aliphatic heterocycles. The van der Waals surface area contributed by atoms with Crippen molar-refractivity contribution in [3.8, 4) is 0 Å². The molecule has 0 radical (unpaired) electrons. The molecule has 0 bridgehead atoms. The monoisotopic (exact) mass is 332 g/mol. The molecule has 0 amide bonds. The van der Waals surface area contributed by atoms with Crippen molar-refractivity contribution in [3.05, 3.63) is 55.7 Å². The summed E-state index contributed by atoms with van der Waals surface area (Å²) in [7, 11) is 0. The number of aliphatic hydroxyl groups is 1. The molecule has 2 rings (SSSR count). The lowest BCUT2D eigenvalue weighted by molar-refractivity contribution is 0.180. The van der Waals surface area contributed by atoms with Crippen LogP contribution >= 0.6 is 27.3 Å². The highest BCUT2D eigenvalue weighted by atomic mass is 79.9. The lowest BCUT2D eigenvalue weighted by Crippen LogP contribution is -2.03. The normalized spacial score (nSPS) is 12.7. The maximum atomic E-state index is 13.5. The Morgan fingerprint density at radius 3 is 2.72 bits per heavy atom. The van der Waals surface area contributed by atoms with Crippen molar-refractivity contribution >= 4 is 27.3 Å².